The summed E-state index contributed by atoms with van der Waals surface area (Å²) in [4.78, 5) is 28.3. The van der Waals surface area contributed by atoms with Gasteiger partial charge in [-0.2, -0.15) is 0 Å². The molecule has 3 aromatic rings. The van der Waals surface area contributed by atoms with Gasteiger partial charge in [0.2, 0.25) is 11.8 Å². The first-order valence-corrected chi connectivity index (χ1v) is 14.9. The number of benzene rings is 3. The van der Waals surface area contributed by atoms with Crippen LogP contribution in [0.3, 0.4) is 0 Å². The molecule has 0 bridgehead atoms. The Morgan fingerprint density at radius 3 is 2.23 bits per heavy atom. The second-order valence-corrected chi connectivity index (χ2v) is 11.9. The first kappa shape index (κ1) is 31.0. The third kappa shape index (κ3) is 7.55. The predicted molar refractivity (Wildman–Crippen MR) is 158 cm³/mol. The summed E-state index contributed by atoms with van der Waals surface area (Å²) in [5.41, 5.74) is 2.68. The maximum atomic E-state index is 13.9. The van der Waals surface area contributed by atoms with E-state index in [1.54, 1.807) is 62.6 Å². The molecule has 0 radical (unpaired) electrons. The predicted octanol–water partition coefficient (Wildman–Crippen LogP) is 5.10. The second kappa shape index (κ2) is 13.7. The molecule has 40 heavy (non-hydrogen) atoms. The molecule has 1 N–H and O–H groups in total. The zero-order chi connectivity index (χ0) is 29.4. The average molecular weight is 586 g/mol. The van der Waals surface area contributed by atoms with Crippen molar-refractivity contribution in [2.75, 3.05) is 24.5 Å². The molecule has 0 unspecified atom stereocenters. The van der Waals surface area contributed by atoms with Gasteiger partial charge < -0.3 is 15.0 Å². The monoisotopic (exact) mass is 585 g/mol. The topological polar surface area (TPSA) is 96.0 Å². The van der Waals surface area contributed by atoms with Crippen LogP contribution in [-0.4, -0.2) is 51.4 Å². The van der Waals surface area contributed by atoms with Crippen molar-refractivity contribution in [1.82, 2.24) is 10.2 Å². The lowest BCUT2D eigenvalue weighted by Crippen LogP contribution is -2.51. The van der Waals surface area contributed by atoms with E-state index < -0.39 is 28.5 Å². The molecule has 3 aromatic carbocycles. The van der Waals surface area contributed by atoms with E-state index in [1.807, 2.05) is 20.8 Å². The van der Waals surface area contributed by atoms with Crippen LogP contribution in [0.4, 0.5) is 5.69 Å². The van der Waals surface area contributed by atoms with Gasteiger partial charge in [0.1, 0.15) is 18.3 Å². The van der Waals surface area contributed by atoms with Crippen LogP contribution in [-0.2, 0) is 26.2 Å². The molecule has 2 amide bonds. The smallest absolute Gasteiger partial charge is 0.264 e. The standard InChI is InChI=1S/C30H36ClN3O5S/c1-6-17-32-30(36)23(4)33(19-24-10-13-26(39-5)14-11-24)29(35)20-34(25-12-9-22(3)28(31)18-25)40(37,38)27-15-7-21(2)8-16-27/h7-16,18,23H,6,17,19-20H2,1-5H3,(H,32,36)/t23-/m0/s1. The molecule has 3 rings (SSSR count). The summed E-state index contributed by atoms with van der Waals surface area (Å²) in [6.07, 6.45) is 0.738. The Morgan fingerprint density at radius 2 is 1.65 bits per heavy atom. The van der Waals surface area contributed by atoms with Gasteiger partial charge in [-0.1, -0.05) is 54.4 Å². The Balaban J connectivity index is 2.03. The number of sulfonamides is 1. The Hall–Kier alpha value is -3.56. The summed E-state index contributed by atoms with van der Waals surface area (Å²) in [5, 5.41) is 3.20. The minimum absolute atomic E-state index is 0.0399. The molecule has 8 nitrogen and oxygen atoms in total. The molecule has 0 saturated heterocycles. The number of aryl methyl sites for hydroxylation is 2. The van der Waals surface area contributed by atoms with Crippen LogP contribution in [0.25, 0.3) is 0 Å². The number of rotatable bonds is 12. The number of halogens is 1. The molecule has 0 aromatic heterocycles. The van der Waals surface area contributed by atoms with Crippen molar-refractivity contribution in [3.8, 4) is 5.75 Å². The number of hydrogen-bond acceptors (Lipinski definition) is 5. The zero-order valence-electron chi connectivity index (χ0n) is 23.5. The molecular formula is C30H36ClN3O5S. The van der Waals surface area contributed by atoms with Crippen molar-refractivity contribution in [1.29, 1.82) is 0 Å². The molecule has 0 aliphatic carbocycles. The van der Waals surface area contributed by atoms with Gasteiger partial charge in [-0.3, -0.25) is 13.9 Å². The Bertz CT molecular complexity index is 1430. The quantitative estimate of drug-likeness (QED) is 0.319. The fourth-order valence-corrected chi connectivity index (χ4v) is 5.59. The highest BCUT2D eigenvalue weighted by molar-refractivity contribution is 7.92. The van der Waals surface area contributed by atoms with Gasteiger partial charge in [0.05, 0.1) is 17.7 Å². The summed E-state index contributed by atoms with van der Waals surface area (Å²) in [6.45, 7) is 7.26. The molecule has 214 valence electrons. The maximum absolute atomic E-state index is 13.9. The molecule has 0 saturated carbocycles. The third-order valence-electron chi connectivity index (χ3n) is 6.56. The van der Waals surface area contributed by atoms with E-state index in [0.717, 1.165) is 27.4 Å². The van der Waals surface area contributed by atoms with Gasteiger partial charge in [-0.05, 0) is 74.7 Å². The minimum Gasteiger partial charge on any atom is -0.497 e. The highest BCUT2D eigenvalue weighted by Gasteiger charge is 2.32. The molecule has 10 heteroatoms. The minimum atomic E-state index is -4.16. The SMILES string of the molecule is CCCNC(=O)[C@H](C)N(Cc1ccc(OC)cc1)C(=O)CN(c1ccc(C)c(Cl)c1)S(=O)(=O)c1ccc(C)cc1. The number of anilines is 1. The van der Waals surface area contributed by atoms with Crippen LogP contribution in [0.1, 0.15) is 37.0 Å². The second-order valence-electron chi connectivity index (χ2n) is 9.59. The molecular weight excluding hydrogens is 550 g/mol. The van der Waals surface area contributed by atoms with Crippen LogP contribution in [0.15, 0.2) is 71.6 Å². The van der Waals surface area contributed by atoms with E-state index in [-0.39, 0.29) is 23.0 Å². The van der Waals surface area contributed by atoms with Crippen LogP contribution >= 0.6 is 11.6 Å². The van der Waals surface area contributed by atoms with Crippen LogP contribution < -0.4 is 14.4 Å². The molecule has 0 spiro atoms. The Morgan fingerprint density at radius 1 is 1.00 bits per heavy atom. The number of carbonyl (C=O) groups excluding carboxylic acids is 2. The summed E-state index contributed by atoms with van der Waals surface area (Å²) < 4.78 is 34.1. The number of ether oxygens (including phenoxy) is 1. The number of amides is 2. The van der Waals surface area contributed by atoms with Gasteiger partial charge in [-0.25, -0.2) is 8.42 Å². The normalized spacial score (nSPS) is 11.9. The van der Waals surface area contributed by atoms with E-state index in [0.29, 0.717) is 17.3 Å². The van der Waals surface area contributed by atoms with Crippen LogP contribution in [0, 0.1) is 13.8 Å². The summed E-state index contributed by atoms with van der Waals surface area (Å²) >= 11 is 6.37. The number of methoxy groups -OCH3 is 1. The van der Waals surface area contributed by atoms with Gasteiger partial charge >= 0.3 is 0 Å². The molecule has 0 heterocycles. The van der Waals surface area contributed by atoms with Crippen molar-refractivity contribution < 1.29 is 22.7 Å². The molecule has 0 fully saturated rings. The first-order valence-electron chi connectivity index (χ1n) is 13.0. The lowest BCUT2D eigenvalue weighted by molar-refractivity contribution is -0.139. The zero-order valence-corrected chi connectivity index (χ0v) is 25.1. The van der Waals surface area contributed by atoms with E-state index in [2.05, 4.69) is 5.32 Å². The van der Waals surface area contributed by atoms with Crippen molar-refractivity contribution in [2.45, 2.75) is 51.6 Å². The fraction of sp³-hybridized carbons (Fsp3) is 0.333. The Kier molecular flexibility index (Phi) is 10.6. The first-order chi connectivity index (χ1) is 19.0. The number of nitrogens with zero attached hydrogens (tertiary/aromatic N) is 2. The summed E-state index contributed by atoms with van der Waals surface area (Å²) in [7, 11) is -2.60. The highest BCUT2D eigenvalue weighted by Crippen LogP contribution is 2.29. The highest BCUT2D eigenvalue weighted by atomic mass is 35.5. The van der Waals surface area contributed by atoms with Crippen molar-refractivity contribution >= 4 is 39.1 Å². The fourth-order valence-electron chi connectivity index (χ4n) is 4.01. The van der Waals surface area contributed by atoms with Crippen molar-refractivity contribution in [3.63, 3.8) is 0 Å². The lowest BCUT2D eigenvalue weighted by atomic mass is 10.1. The molecule has 1 atom stereocenters. The van der Waals surface area contributed by atoms with E-state index in [4.69, 9.17) is 16.3 Å². The number of carbonyl (C=O) groups is 2. The summed E-state index contributed by atoms with van der Waals surface area (Å²) in [6, 6.07) is 17.5. The van der Waals surface area contributed by atoms with Crippen LogP contribution in [0.5, 0.6) is 5.75 Å². The Labute approximate surface area is 241 Å². The largest absolute Gasteiger partial charge is 0.497 e. The molecule has 0 aliphatic rings. The van der Waals surface area contributed by atoms with Gasteiger partial charge in [-0.15, -0.1) is 0 Å². The van der Waals surface area contributed by atoms with Gasteiger partial charge in [0.25, 0.3) is 10.0 Å². The van der Waals surface area contributed by atoms with Gasteiger partial charge in [0.15, 0.2) is 0 Å². The number of hydrogen-bond donors (Lipinski definition) is 1. The van der Waals surface area contributed by atoms with Crippen molar-refractivity contribution in [2.24, 2.45) is 0 Å². The number of nitrogens with one attached hydrogen (secondary N) is 1. The van der Waals surface area contributed by atoms with Gasteiger partial charge in [0, 0.05) is 18.1 Å². The van der Waals surface area contributed by atoms with Crippen molar-refractivity contribution in [3.05, 3.63) is 88.4 Å². The van der Waals surface area contributed by atoms with E-state index >= 15 is 0 Å². The molecule has 0 aliphatic heterocycles. The average Bonchev–Trinajstić information content (AvgIpc) is 2.94. The maximum Gasteiger partial charge on any atom is 0.264 e. The summed E-state index contributed by atoms with van der Waals surface area (Å²) in [5.74, 6) is -0.209. The van der Waals surface area contributed by atoms with Crippen LogP contribution in [0.2, 0.25) is 5.02 Å². The lowest BCUT2D eigenvalue weighted by Gasteiger charge is -2.32. The van der Waals surface area contributed by atoms with E-state index in [9.17, 15) is 18.0 Å². The third-order valence-corrected chi connectivity index (χ3v) is 8.76. The van der Waals surface area contributed by atoms with E-state index in [1.165, 1.54) is 23.1 Å².